The smallest absolute Gasteiger partial charge is 0.337 e. The van der Waals surface area contributed by atoms with Gasteiger partial charge in [-0.05, 0) is 42.5 Å². The number of pyridine rings is 1. The fourth-order valence-electron chi connectivity index (χ4n) is 3.25. The van der Waals surface area contributed by atoms with Gasteiger partial charge in [0.15, 0.2) is 5.65 Å². The van der Waals surface area contributed by atoms with Crippen LogP contribution in [0.4, 0.5) is 5.69 Å². The molecule has 0 atom stereocenters. The van der Waals surface area contributed by atoms with Gasteiger partial charge in [0.2, 0.25) is 0 Å². The predicted molar refractivity (Wildman–Crippen MR) is 118 cm³/mol. The number of esters is 1. The molecule has 0 bridgehead atoms. The minimum absolute atomic E-state index is 0.129. The van der Waals surface area contributed by atoms with Gasteiger partial charge in [-0.25, -0.2) is 19.1 Å². The van der Waals surface area contributed by atoms with Gasteiger partial charge in [0.1, 0.15) is 0 Å². The van der Waals surface area contributed by atoms with Crippen molar-refractivity contribution in [2.24, 2.45) is 7.05 Å². The van der Waals surface area contributed by atoms with E-state index in [1.807, 2.05) is 6.07 Å². The number of nitrogens with zero attached hydrogens (tertiary/aromatic N) is 3. The van der Waals surface area contributed by atoms with Crippen molar-refractivity contribution in [1.82, 2.24) is 14.1 Å². The number of hydrogen-bond donors (Lipinski definition) is 1. The maximum absolute atomic E-state index is 12.7. The molecule has 0 radical (unpaired) electrons. The summed E-state index contributed by atoms with van der Waals surface area (Å²) in [5.41, 5.74) is 0.553. The van der Waals surface area contributed by atoms with Crippen molar-refractivity contribution in [3.63, 3.8) is 0 Å². The van der Waals surface area contributed by atoms with E-state index in [9.17, 15) is 19.2 Å². The summed E-state index contributed by atoms with van der Waals surface area (Å²) in [7, 11) is 2.66. The molecule has 2 heterocycles. The quantitative estimate of drug-likeness (QED) is 0.497. The Morgan fingerprint density at radius 2 is 1.66 bits per heavy atom. The van der Waals surface area contributed by atoms with Gasteiger partial charge in [-0.15, -0.1) is 0 Å². The van der Waals surface area contributed by atoms with Crippen molar-refractivity contribution in [2.45, 2.75) is 0 Å². The van der Waals surface area contributed by atoms with Gasteiger partial charge >= 0.3 is 11.7 Å². The van der Waals surface area contributed by atoms with E-state index in [-0.39, 0.29) is 16.6 Å². The first-order chi connectivity index (χ1) is 15.4. The number of amides is 1. The summed E-state index contributed by atoms with van der Waals surface area (Å²) in [5.74, 6) is -0.980. The topological polar surface area (TPSA) is 112 Å². The van der Waals surface area contributed by atoms with Crippen LogP contribution in [-0.2, 0) is 11.8 Å². The number of para-hydroxylation sites is 1. The number of benzene rings is 2. The van der Waals surface area contributed by atoms with E-state index >= 15 is 0 Å². The lowest BCUT2D eigenvalue weighted by molar-refractivity contribution is 0.0600. The summed E-state index contributed by atoms with van der Waals surface area (Å²) in [6.45, 7) is 0. The molecule has 32 heavy (non-hydrogen) atoms. The standard InChI is InChI=1S/C23H18N4O5/c1-26-21(29)18-12-15(20(28)25-16-10-8-14(9-11-16)22(30)32-2)13-24-19(18)27(23(26)31)17-6-4-3-5-7-17/h3-13H,1-2H3,(H,25,28). The Morgan fingerprint density at radius 3 is 2.31 bits per heavy atom. The van der Waals surface area contributed by atoms with Gasteiger partial charge in [0.05, 0.1) is 29.3 Å². The normalized spacial score (nSPS) is 10.7. The van der Waals surface area contributed by atoms with Crippen LogP contribution in [0.2, 0.25) is 0 Å². The van der Waals surface area contributed by atoms with Crippen molar-refractivity contribution >= 4 is 28.6 Å². The minimum Gasteiger partial charge on any atom is -0.465 e. The molecule has 0 spiro atoms. The molecular weight excluding hydrogens is 412 g/mol. The number of rotatable bonds is 4. The Labute approximate surface area is 181 Å². The zero-order chi connectivity index (χ0) is 22.8. The van der Waals surface area contributed by atoms with Crippen molar-refractivity contribution in [1.29, 1.82) is 0 Å². The van der Waals surface area contributed by atoms with Crippen LogP contribution >= 0.6 is 0 Å². The van der Waals surface area contributed by atoms with Crippen LogP contribution in [0.15, 0.2) is 76.4 Å². The number of fused-ring (bicyclic) bond motifs is 1. The monoisotopic (exact) mass is 430 g/mol. The van der Waals surface area contributed by atoms with Crippen molar-refractivity contribution in [3.8, 4) is 5.69 Å². The Balaban J connectivity index is 1.74. The Morgan fingerprint density at radius 1 is 0.969 bits per heavy atom. The van der Waals surface area contributed by atoms with Gasteiger partial charge in [-0.2, -0.15) is 0 Å². The second kappa shape index (κ2) is 8.31. The van der Waals surface area contributed by atoms with Gasteiger partial charge < -0.3 is 10.1 Å². The van der Waals surface area contributed by atoms with Gasteiger partial charge in [0.25, 0.3) is 11.5 Å². The van der Waals surface area contributed by atoms with E-state index in [2.05, 4.69) is 15.0 Å². The molecule has 4 aromatic rings. The van der Waals surface area contributed by atoms with E-state index in [0.29, 0.717) is 16.9 Å². The molecule has 0 saturated carbocycles. The maximum atomic E-state index is 12.7. The third-order valence-electron chi connectivity index (χ3n) is 4.93. The number of methoxy groups -OCH3 is 1. The molecule has 0 unspecified atom stereocenters. The number of carbonyl (C=O) groups is 2. The fourth-order valence-corrected chi connectivity index (χ4v) is 3.25. The lowest BCUT2D eigenvalue weighted by Crippen LogP contribution is -2.38. The first-order valence-electron chi connectivity index (χ1n) is 9.57. The van der Waals surface area contributed by atoms with Gasteiger partial charge in [-0.1, -0.05) is 18.2 Å². The summed E-state index contributed by atoms with van der Waals surface area (Å²) in [4.78, 5) is 54.0. The highest BCUT2D eigenvalue weighted by molar-refractivity contribution is 6.05. The molecule has 4 rings (SSSR count). The predicted octanol–water partition coefficient (Wildman–Crippen LogP) is 2.12. The van der Waals surface area contributed by atoms with E-state index < -0.39 is 23.1 Å². The fraction of sp³-hybridized carbons (Fsp3) is 0.0870. The lowest BCUT2D eigenvalue weighted by atomic mass is 10.2. The van der Waals surface area contributed by atoms with E-state index in [1.165, 1.54) is 43.1 Å². The van der Waals surface area contributed by atoms with Crippen molar-refractivity contribution in [2.75, 3.05) is 12.4 Å². The molecule has 9 heteroatoms. The van der Waals surface area contributed by atoms with E-state index in [1.54, 1.807) is 36.4 Å². The van der Waals surface area contributed by atoms with Crippen LogP contribution in [0.3, 0.4) is 0 Å². The zero-order valence-electron chi connectivity index (χ0n) is 17.2. The third-order valence-corrected chi connectivity index (χ3v) is 4.93. The average molecular weight is 430 g/mol. The Hall–Kier alpha value is -4.53. The average Bonchev–Trinajstić information content (AvgIpc) is 2.83. The van der Waals surface area contributed by atoms with Crippen LogP contribution in [0.5, 0.6) is 0 Å². The molecule has 0 aliphatic heterocycles. The molecule has 0 saturated heterocycles. The van der Waals surface area contributed by atoms with Gasteiger partial charge in [-0.3, -0.25) is 14.2 Å². The number of aromatic nitrogens is 3. The summed E-state index contributed by atoms with van der Waals surface area (Å²) in [6.07, 6.45) is 1.30. The van der Waals surface area contributed by atoms with Crippen LogP contribution in [0.25, 0.3) is 16.7 Å². The highest BCUT2D eigenvalue weighted by Crippen LogP contribution is 2.16. The number of ether oxygens (including phenoxy) is 1. The van der Waals surface area contributed by atoms with Crippen molar-refractivity contribution < 1.29 is 14.3 Å². The molecule has 160 valence electrons. The number of carbonyl (C=O) groups excluding carboxylic acids is 2. The van der Waals surface area contributed by atoms with E-state index in [0.717, 1.165) is 4.57 Å². The number of nitrogens with one attached hydrogen (secondary N) is 1. The number of anilines is 1. The third kappa shape index (κ3) is 3.67. The lowest BCUT2D eigenvalue weighted by Gasteiger charge is -2.12. The summed E-state index contributed by atoms with van der Waals surface area (Å²) in [6, 6.07) is 16.4. The highest BCUT2D eigenvalue weighted by Gasteiger charge is 2.16. The minimum atomic E-state index is -0.554. The highest BCUT2D eigenvalue weighted by atomic mass is 16.5. The molecule has 1 amide bonds. The zero-order valence-corrected chi connectivity index (χ0v) is 17.2. The van der Waals surface area contributed by atoms with Gasteiger partial charge in [0, 0.05) is 18.9 Å². The first-order valence-corrected chi connectivity index (χ1v) is 9.57. The van der Waals surface area contributed by atoms with E-state index in [4.69, 9.17) is 0 Å². The molecule has 2 aromatic carbocycles. The summed E-state index contributed by atoms with van der Waals surface area (Å²) in [5, 5.41) is 2.82. The molecule has 2 aromatic heterocycles. The second-order valence-electron chi connectivity index (χ2n) is 6.94. The Kier molecular flexibility index (Phi) is 5.38. The molecule has 1 N–H and O–H groups in total. The first kappa shape index (κ1) is 20.7. The molecule has 9 nitrogen and oxygen atoms in total. The van der Waals surface area contributed by atoms with Crippen LogP contribution < -0.4 is 16.6 Å². The van der Waals surface area contributed by atoms with Crippen LogP contribution in [0.1, 0.15) is 20.7 Å². The van der Waals surface area contributed by atoms with Crippen LogP contribution in [0, 0.1) is 0 Å². The second-order valence-corrected chi connectivity index (χ2v) is 6.94. The SMILES string of the molecule is COC(=O)c1ccc(NC(=O)c2cnc3c(c2)c(=O)n(C)c(=O)n3-c2ccccc2)cc1. The largest absolute Gasteiger partial charge is 0.465 e. The molecule has 0 aliphatic rings. The summed E-state index contributed by atoms with van der Waals surface area (Å²) < 4.78 is 6.95. The Bertz CT molecular complexity index is 1450. The van der Waals surface area contributed by atoms with Crippen molar-refractivity contribution in [3.05, 3.63) is 98.8 Å². The maximum Gasteiger partial charge on any atom is 0.337 e. The summed E-state index contributed by atoms with van der Waals surface area (Å²) >= 11 is 0. The molecular formula is C23H18N4O5. The molecule has 0 fully saturated rings. The number of hydrogen-bond acceptors (Lipinski definition) is 6. The molecule has 0 aliphatic carbocycles. The van der Waals surface area contributed by atoms with Crippen LogP contribution in [-0.4, -0.2) is 33.1 Å².